The first kappa shape index (κ1) is 19.1. The summed E-state index contributed by atoms with van der Waals surface area (Å²) in [6.07, 6.45) is 1.25. The maximum absolute atomic E-state index is 14.2. The molecule has 2 aromatic carbocycles. The summed E-state index contributed by atoms with van der Waals surface area (Å²) < 4.78 is 55.8. The lowest BCUT2D eigenvalue weighted by atomic mass is 10.2. The van der Waals surface area contributed by atoms with E-state index in [-0.39, 0.29) is 11.7 Å². The van der Waals surface area contributed by atoms with Crippen molar-refractivity contribution < 1.29 is 22.3 Å². The van der Waals surface area contributed by atoms with Gasteiger partial charge in [0, 0.05) is 23.2 Å². The van der Waals surface area contributed by atoms with Crippen LogP contribution in [0, 0.1) is 5.82 Å². The fourth-order valence-corrected chi connectivity index (χ4v) is 4.64. The average Bonchev–Trinajstić information content (AvgIpc) is 3.20. The minimum Gasteiger partial charge on any atom is -0.497 e. The van der Waals surface area contributed by atoms with E-state index in [1.807, 2.05) is 0 Å². The van der Waals surface area contributed by atoms with Crippen molar-refractivity contribution in [2.24, 2.45) is 0 Å². The van der Waals surface area contributed by atoms with Crippen LogP contribution in [0.15, 0.2) is 53.7 Å². The van der Waals surface area contributed by atoms with Crippen molar-refractivity contribution >= 4 is 26.7 Å². The van der Waals surface area contributed by atoms with Gasteiger partial charge in [-0.05, 0) is 24.3 Å². The van der Waals surface area contributed by atoms with Crippen LogP contribution in [0.2, 0.25) is 0 Å². The summed E-state index contributed by atoms with van der Waals surface area (Å²) in [5.41, 5.74) is 0.563. The third-order valence-corrected chi connectivity index (χ3v) is 6.35. The predicted molar refractivity (Wildman–Crippen MR) is 99.2 cm³/mol. The molecule has 0 atom stereocenters. The zero-order valence-electron chi connectivity index (χ0n) is 14.5. The number of methoxy groups -OCH3 is 2. The number of anilines is 1. The molecule has 0 saturated heterocycles. The first-order valence-corrected chi connectivity index (χ1v) is 9.93. The summed E-state index contributed by atoms with van der Waals surface area (Å²) in [7, 11) is -1.22. The highest BCUT2D eigenvalue weighted by Crippen LogP contribution is 2.31. The zero-order chi connectivity index (χ0) is 19.4. The monoisotopic (exact) mass is 409 g/mol. The van der Waals surface area contributed by atoms with Crippen LogP contribution < -0.4 is 13.8 Å². The van der Waals surface area contributed by atoms with Gasteiger partial charge in [-0.15, -0.1) is 0 Å². The summed E-state index contributed by atoms with van der Waals surface area (Å²) in [6.45, 7) is -0.112. The smallest absolute Gasteiger partial charge is 0.269 e. The SMILES string of the molecule is COc1ccc(CN(c2ncns2)S(=O)(=O)c2ccccc2F)c(OC)c1. The summed E-state index contributed by atoms with van der Waals surface area (Å²) in [5, 5.41) is 0.121. The second-order valence-corrected chi connectivity index (χ2v) is 7.93. The normalized spacial score (nSPS) is 11.2. The molecule has 142 valence electrons. The lowest BCUT2D eigenvalue weighted by molar-refractivity contribution is 0.391. The van der Waals surface area contributed by atoms with E-state index < -0.39 is 20.7 Å². The number of aromatic nitrogens is 2. The van der Waals surface area contributed by atoms with Gasteiger partial charge in [-0.3, -0.25) is 0 Å². The number of hydrogen-bond acceptors (Lipinski definition) is 7. The molecule has 0 aliphatic heterocycles. The van der Waals surface area contributed by atoms with E-state index >= 15 is 0 Å². The van der Waals surface area contributed by atoms with E-state index in [0.717, 1.165) is 21.9 Å². The fraction of sp³-hybridized carbons (Fsp3) is 0.176. The number of nitrogens with zero attached hydrogens (tertiary/aromatic N) is 3. The maximum atomic E-state index is 14.2. The number of hydrogen-bond donors (Lipinski definition) is 0. The fourth-order valence-electron chi connectivity index (χ4n) is 2.44. The van der Waals surface area contributed by atoms with Crippen LogP contribution in [0.3, 0.4) is 0 Å². The molecule has 1 aromatic heterocycles. The topological polar surface area (TPSA) is 81.6 Å². The van der Waals surface area contributed by atoms with E-state index in [0.29, 0.717) is 17.1 Å². The molecule has 0 unspecified atom stereocenters. The second-order valence-electron chi connectivity index (χ2n) is 5.34. The van der Waals surface area contributed by atoms with Gasteiger partial charge in [-0.2, -0.15) is 4.37 Å². The Morgan fingerprint density at radius 3 is 2.56 bits per heavy atom. The molecule has 10 heteroatoms. The van der Waals surface area contributed by atoms with Gasteiger partial charge in [0.1, 0.15) is 28.5 Å². The molecule has 7 nitrogen and oxygen atoms in total. The number of rotatable bonds is 7. The van der Waals surface area contributed by atoms with Gasteiger partial charge in [0.15, 0.2) is 0 Å². The van der Waals surface area contributed by atoms with Gasteiger partial charge in [0.05, 0.1) is 20.8 Å². The Balaban J connectivity index is 2.08. The van der Waals surface area contributed by atoms with Crippen molar-refractivity contribution in [1.82, 2.24) is 9.36 Å². The Morgan fingerprint density at radius 1 is 1.15 bits per heavy atom. The Labute approximate surface area is 160 Å². The number of ether oxygens (including phenoxy) is 2. The van der Waals surface area contributed by atoms with Crippen molar-refractivity contribution in [3.8, 4) is 11.5 Å². The van der Waals surface area contributed by atoms with Crippen molar-refractivity contribution in [3.05, 3.63) is 60.2 Å². The van der Waals surface area contributed by atoms with Gasteiger partial charge in [-0.1, -0.05) is 12.1 Å². The summed E-state index contributed by atoms with van der Waals surface area (Å²) in [6, 6.07) is 10.2. The molecule has 27 heavy (non-hydrogen) atoms. The Hall–Kier alpha value is -2.72. The summed E-state index contributed by atoms with van der Waals surface area (Å²) >= 11 is 0.896. The molecule has 0 aliphatic carbocycles. The molecule has 0 aliphatic rings. The van der Waals surface area contributed by atoms with E-state index in [2.05, 4.69) is 9.36 Å². The van der Waals surface area contributed by atoms with Gasteiger partial charge in [0.25, 0.3) is 10.0 Å². The lowest BCUT2D eigenvalue weighted by Crippen LogP contribution is -2.31. The summed E-state index contributed by atoms with van der Waals surface area (Å²) in [5.74, 6) is 0.163. The molecule has 0 spiro atoms. The van der Waals surface area contributed by atoms with Gasteiger partial charge in [-0.25, -0.2) is 22.1 Å². The predicted octanol–water partition coefficient (Wildman–Crippen LogP) is 3.09. The van der Waals surface area contributed by atoms with Crippen molar-refractivity contribution in [3.63, 3.8) is 0 Å². The number of sulfonamides is 1. The Kier molecular flexibility index (Phi) is 5.57. The molecule has 0 bridgehead atoms. The minimum atomic E-state index is -4.21. The highest BCUT2D eigenvalue weighted by molar-refractivity contribution is 7.93. The molecular formula is C17H16FN3O4S2. The third-order valence-electron chi connectivity index (χ3n) is 3.78. The third kappa shape index (κ3) is 3.86. The highest BCUT2D eigenvalue weighted by Gasteiger charge is 2.30. The van der Waals surface area contributed by atoms with Gasteiger partial charge >= 0.3 is 0 Å². The van der Waals surface area contributed by atoms with Crippen molar-refractivity contribution in [1.29, 1.82) is 0 Å². The largest absolute Gasteiger partial charge is 0.497 e. The second kappa shape index (κ2) is 7.89. The first-order valence-electron chi connectivity index (χ1n) is 7.72. The van der Waals surface area contributed by atoms with Crippen molar-refractivity contribution in [2.45, 2.75) is 11.4 Å². The van der Waals surface area contributed by atoms with E-state index in [1.165, 1.54) is 38.7 Å². The van der Waals surface area contributed by atoms with Crippen molar-refractivity contribution in [2.75, 3.05) is 18.5 Å². The molecule has 0 amide bonds. The highest BCUT2D eigenvalue weighted by atomic mass is 32.2. The van der Waals surface area contributed by atoms with Crippen LogP contribution in [-0.2, 0) is 16.6 Å². The molecule has 0 N–H and O–H groups in total. The summed E-state index contributed by atoms with van der Waals surface area (Å²) in [4.78, 5) is 3.55. The van der Waals surface area contributed by atoms with Gasteiger partial charge < -0.3 is 9.47 Å². The average molecular weight is 409 g/mol. The molecule has 0 saturated carbocycles. The molecule has 3 rings (SSSR count). The molecule has 3 aromatic rings. The molecule has 1 heterocycles. The Morgan fingerprint density at radius 2 is 1.93 bits per heavy atom. The van der Waals surface area contributed by atoms with Crippen LogP contribution in [0.25, 0.3) is 0 Å². The van der Waals surface area contributed by atoms with Crippen LogP contribution in [0.1, 0.15) is 5.56 Å². The van der Waals surface area contributed by atoms with Crippen LogP contribution in [-0.4, -0.2) is 32.0 Å². The Bertz CT molecular complexity index is 1030. The van der Waals surface area contributed by atoms with E-state index in [1.54, 1.807) is 18.2 Å². The minimum absolute atomic E-state index is 0.112. The van der Waals surface area contributed by atoms with Crippen LogP contribution in [0.4, 0.5) is 9.52 Å². The number of benzene rings is 2. The van der Waals surface area contributed by atoms with Gasteiger partial charge in [0.2, 0.25) is 5.13 Å². The molecule has 0 fully saturated rings. The van der Waals surface area contributed by atoms with E-state index in [4.69, 9.17) is 9.47 Å². The van der Waals surface area contributed by atoms with E-state index in [9.17, 15) is 12.8 Å². The standard InChI is InChI=1S/C17H16FN3O4S2/c1-24-13-8-7-12(15(9-13)25-2)10-21(17-19-11-20-26-17)27(22,23)16-6-4-3-5-14(16)18/h3-9,11H,10H2,1-2H3. The lowest BCUT2D eigenvalue weighted by Gasteiger charge is -2.22. The quantitative estimate of drug-likeness (QED) is 0.596. The van der Waals surface area contributed by atoms with Crippen LogP contribution in [0.5, 0.6) is 11.5 Å². The van der Waals surface area contributed by atoms with Crippen LogP contribution >= 0.6 is 11.5 Å². The maximum Gasteiger partial charge on any atom is 0.269 e. The zero-order valence-corrected chi connectivity index (χ0v) is 16.1. The number of halogens is 1. The molecule has 0 radical (unpaired) electrons. The molecular weight excluding hydrogens is 393 g/mol. The first-order chi connectivity index (χ1) is 13.0.